The molecule has 0 amide bonds. The van der Waals surface area contributed by atoms with Crippen molar-refractivity contribution in [2.75, 3.05) is 6.61 Å². The smallest absolute Gasteiger partial charge is 0.335 e. The summed E-state index contributed by atoms with van der Waals surface area (Å²) in [6.45, 7) is 3.97. The molecule has 0 aliphatic rings. The van der Waals surface area contributed by atoms with Crippen molar-refractivity contribution >= 4 is 11.9 Å². The fourth-order valence-electron chi connectivity index (χ4n) is 1.71. The molecule has 0 fully saturated rings. The molecule has 5 nitrogen and oxygen atoms in total. The van der Waals surface area contributed by atoms with Gasteiger partial charge in [-0.2, -0.15) is 0 Å². The molecule has 0 aromatic heterocycles. The molecule has 0 bridgehead atoms. The molecule has 0 aliphatic carbocycles. The van der Waals surface area contributed by atoms with Crippen molar-refractivity contribution in [2.45, 2.75) is 19.3 Å². The maximum atomic E-state index is 11.1. The van der Waals surface area contributed by atoms with Gasteiger partial charge in [0.2, 0.25) is 0 Å². The fourth-order valence-corrected chi connectivity index (χ4v) is 1.71. The Morgan fingerprint density at radius 1 is 1.21 bits per heavy atom. The monoisotopic (exact) mass is 264 g/mol. The van der Waals surface area contributed by atoms with E-state index in [2.05, 4.69) is 6.58 Å². The van der Waals surface area contributed by atoms with Gasteiger partial charge in [-0.3, -0.25) is 0 Å². The molecule has 5 heteroatoms. The SMILES string of the molecule is C=COCCCCc1ccc(C(=O)O)cc1C(=O)O. The number of unbranched alkanes of at least 4 members (excludes halogenated alkanes) is 1. The van der Waals surface area contributed by atoms with Crippen LogP contribution in [0.5, 0.6) is 0 Å². The van der Waals surface area contributed by atoms with Crippen molar-refractivity contribution in [3.05, 3.63) is 47.7 Å². The molecule has 1 aromatic rings. The van der Waals surface area contributed by atoms with Crippen LogP contribution in [-0.2, 0) is 11.2 Å². The van der Waals surface area contributed by atoms with Crippen LogP contribution in [0.1, 0.15) is 39.1 Å². The van der Waals surface area contributed by atoms with E-state index < -0.39 is 11.9 Å². The third-order valence-corrected chi connectivity index (χ3v) is 2.66. The minimum atomic E-state index is -1.13. The summed E-state index contributed by atoms with van der Waals surface area (Å²) in [4.78, 5) is 21.9. The maximum absolute atomic E-state index is 11.1. The first kappa shape index (κ1) is 14.8. The number of carbonyl (C=O) groups is 2. The zero-order chi connectivity index (χ0) is 14.3. The zero-order valence-corrected chi connectivity index (χ0v) is 10.5. The van der Waals surface area contributed by atoms with Crippen LogP contribution in [0.15, 0.2) is 31.0 Å². The first-order valence-corrected chi connectivity index (χ1v) is 5.88. The Labute approximate surface area is 111 Å². The Morgan fingerprint density at radius 3 is 2.53 bits per heavy atom. The van der Waals surface area contributed by atoms with Crippen LogP contribution in [0.3, 0.4) is 0 Å². The van der Waals surface area contributed by atoms with Gasteiger partial charge in [-0.15, -0.1) is 0 Å². The third-order valence-electron chi connectivity index (χ3n) is 2.66. The Kier molecular flexibility index (Phi) is 5.60. The Bertz CT molecular complexity index is 479. The highest BCUT2D eigenvalue weighted by Crippen LogP contribution is 2.15. The van der Waals surface area contributed by atoms with Crippen molar-refractivity contribution in [2.24, 2.45) is 0 Å². The Morgan fingerprint density at radius 2 is 1.95 bits per heavy atom. The van der Waals surface area contributed by atoms with E-state index in [-0.39, 0.29) is 11.1 Å². The molecule has 0 spiro atoms. The summed E-state index contributed by atoms with van der Waals surface area (Å²) in [7, 11) is 0. The van der Waals surface area contributed by atoms with E-state index in [1.54, 1.807) is 6.07 Å². The second-order valence-corrected chi connectivity index (χ2v) is 3.98. The summed E-state index contributed by atoms with van der Waals surface area (Å²) in [5, 5.41) is 17.9. The summed E-state index contributed by atoms with van der Waals surface area (Å²) in [5.74, 6) is -2.24. The second kappa shape index (κ2) is 7.20. The van der Waals surface area contributed by atoms with Gasteiger partial charge in [0.25, 0.3) is 0 Å². The molecule has 0 aliphatic heterocycles. The lowest BCUT2D eigenvalue weighted by molar-refractivity contribution is 0.0695. The molecular weight excluding hydrogens is 248 g/mol. The number of hydrogen-bond donors (Lipinski definition) is 2. The van der Waals surface area contributed by atoms with E-state index in [1.165, 1.54) is 18.4 Å². The van der Waals surface area contributed by atoms with Crippen molar-refractivity contribution < 1.29 is 24.5 Å². The minimum Gasteiger partial charge on any atom is -0.502 e. The normalized spacial score (nSPS) is 9.89. The van der Waals surface area contributed by atoms with Crippen molar-refractivity contribution in [1.29, 1.82) is 0 Å². The Hall–Kier alpha value is -2.30. The molecule has 0 atom stereocenters. The van der Waals surface area contributed by atoms with E-state index in [4.69, 9.17) is 14.9 Å². The van der Waals surface area contributed by atoms with E-state index in [0.717, 1.165) is 12.8 Å². The van der Waals surface area contributed by atoms with E-state index >= 15 is 0 Å². The highest BCUT2D eigenvalue weighted by Gasteiger charge is 2.13. The highest BCUT2D eigenvalue weighted by molar-refractivity contribution is 5.94. The molecule has 0 heterocycles. The molecule has 2 N–H and O–H groups in total. The zero-order valence-electron chi connectivity index (χ0n) is 10.5. The van der Waals surface area contributed by atoms with Crippen LogP contribution in [-0.4, -0.2) is 28.8 Å². The van der Waals surface area contributed by atoms with Crippen molar-refractivity contribution in [3.8, 4) is 0 Å². The molecule has 0 radical (unpaired) electrons. The first-order valence-electron chi connectivity index (χ1n) is 5.88. The van der Waals surface area contributed by atoms with Crippen LogP contribution < -0.4 is 0 Å². The van der Waals surface area contributed by atoms with Gasteiger partial charge in [-0.1, -0.05) is 12.6 Å². The lowest BCUT2D eigenvalue weighted by atomic mass is 9.99. The molecule has 1 rings (SSSR count). The average Bonchev–Trinajstić information content (AvgIpc) is 2.38. The second-order valence-electron chi connectivity index (χ2n) is 3.98. The van der Waals surface area contributed by atoms with E-state index in [0.29, 0.717) is 18.6 Å². The van der Waals surface area contributed by atoms with Gasteiger partial charge >= 0.3 is 11.9 Å². The number of aryl methyl sites for hydroxylation is 1. The summed E-state index contributed by atoms with van der Waals surface area (Å²) >= 11 is 0. The quantitative estimate of drug-likeness (QED) is 0.557. The van der Waals surface area contributed by atoms with Crippen molar-refractivity contribution in [1.82, 2.24) is 0 Å². The van der Waals surface area contributed by atoms with Gasteiger partial charge < -0.3 is 14.9 Å². The standard InChI is InChI=1S/C14H16O5/c1-2-19-8-4-3-5-10-6-7-11(13(15)16)9-12(10)14(17)18/h2,6-7,9H,1,3-5,8H2,(H,15,16)(H,17,18). The van der Waals surface area contributed by atoms with Gasteiger partial charge in [0.15, 0.2) is 0 Å². The first-order chi connectivity index (χ1) is 9.06. The number of hydrogen-bond acceptors (Lipinski definition) is 3. The molecule has 1 aromatic carbocycles. The van der Waals surface area contributed by atoms with Gasteiger partial charge in [0.1, 0.15) is 0 Å². The Balaban J connectivity index is 2.74. The van der Waals surface area contributed by atoms with Gasteiger partial charge in [0, 0.05) is 0 Å². The average molecular weight is 264 g/mol. The molecule has 102 valence electrons. The molecule has 0 unspecified atom stereocenters. The van der Waals surface area contributed by atoms with Crippen molar-refractivity contribution in [3.63, 3.8) is 0 Å². The predicted molar refractivity (Wildman–Crippen MR) is 69.4 cm³/mol. The number of aromatic carboxylic acids is 2. The third kappa shape index (κ3) is 4.46. The van der Waals surface area contributed by atoms with Crippen LogP contribution in [0, 0.1) is 0 Å². The lowest BCUT2D eigenvalue weighted by Gasteiger charge is -2.07. The van der Waals surface area contributed by atoms with E-state index in [9.17, 15) is 9.59 Å². The molecule has 0 saturated carbocycles. The van der Waals surface area contributed by atoms with Gasteiger partial charge in [-0.05, 0) is 37.0 Å². The van der Waals surface area contributed by atoms with E-state index in [1.807, 2.05) is 0 Å². The molecular formula is C14H16O5. The molecule has 19 heavy (non-hydrogen) atoms. The van der Waals surface area contributed by atoms with Gasteiger partial charge in [-0.25, -0.2) is 9.59 Å². The lowest BCUT2D eigenvalue weighted by Crippen LogP contribution is -2.06. The number of ether oxygens (including phenoxy) is 1. The van der Waals surface area contributed by atoms with Crippen LogP contribution in [0.4, 0.5) is 0 Å². The van der Waals surface area contributed by atoms with Gasteiger partial charge in [0.05, 0.1) is 24.0 Å². The van der Waals surface area contributed by atoms with Crippen LogP contribution in [0.25, 0.3) is 0 Å². The predicted octanol–water partition coefficient (Wildman–Crippen LogP) is 2.57. The fraction of sp³-hybridized carbons (Fsp3) is 0.286. The summed E-state index contributed by atoms with van der Waals surface area (Å²) in [5.41, 5.74) is 0.664. The number of carboxylic acid groups (broad SMARTS) is 2. The summed E-state index contributed by atoms with van der Waals surface area (Å²) in [6.07, 6.45) is 3.48. The summed E-state index contributed by atoms with van der Waals surface area (Å²) in [6, 6.07) is 4.17. The molecule has 0 saturated heterocycles. The number of carboxylic acids is 2. The topological polar surface area (TPSA) is 83.8 Å². The largest absolute Gasteiger partial charge is 0.502 e. The highest BCUT2D eigenvalue weighted by atomic mass is 16.5. The van der Waals surface area contributed by atoms with Crippen LogP contribution >= 0.6 is 0 Å². The number of rotatable bonds is 8. The summed E-state index contributed by atoms with van der Waals surface area (Å²) < 4.78 is 4.97. The maximum Gasteiger partial charge on any atom is 0.335 e. The minimum absolute atomic E-state index is 0.0175. The van der Waals surface area contributed by atoms with Crippen LogP contribution in [0.2, 0.25) is 0 Å². The number of benzene rings is 1.